The van der Waals surface area contributed by atoms with Crippen molar-refractivity contribution in [1.29, 1.82) is 0 Å². The molecule has 4 aliphatic carbocycles. The summed E-state index contributed by atoms with van der Waals surface area (Å²) in [5.41, 5.74) is 6.62. The number of nitrogens with two attached hydrogens (primary N) is 1. The Morgan fingerprint density at radius 1 is 0.929 bits per heavy atom. The Balaban J connectivity index is 0.000000226. The molecule has 0 spiro atoms. The first-order valence-electron chi connectivity index (χ1n) is 5.40. The van der Waals surface area contributed by atoms with Crippen LogP contribution in [0.1, 0.15) is 38.5 Å². The Kier molecular flexibility index (Phi) is 3.88. The van der Waals surface area contributed by atoms with E-state index in [1.807, 2.05) is 0 Å². The Hall–Kier alpha value is 1.25. The van der Waals surface area contributed by atoms with Gasteiger partial charge in [0.15, 0.2) is 0 Å². The number of hydrogen-bond donors (Lipinski definition) is 1. The van der Waals surface area contributed by atoms with Crippen molar-refractivity contribution in [3.63, 3.8) is 0 Å². The van der Waals surface area contributed by atoms with Crippen LogP contribution in [0.2, 0.25) is 0 Å². The van der Waals surface area contributed by atoms with Crippen molar-refractivity contribution in [3.05, 3.63) is 0 Å². The molecule has 2 N–H and O–H groups in total. The minimum atomic E-state index is -0.556. The van der Waals surface area contributed by atoms with E-state index in [-0.39, 0.29) is 0 Å². The van der Waals surface area contributed by atoms with Gasteiger partial charge < -0.3 is 5.73 Å². The quantitative estimate of drug-likeness (QED) is 0.671. The van der Waals surface area contributed by atoms with Crippen molar-refractivity contribution in [3.8, 4) is 0 Å². The molecule has 0 amide bonds. The zero-order valence-corrected chi connectivity index (χ0v) is 11.4. The fourth-order valence-electron chi connectivity index (χ4n) is 4.18. The molecule has 80 valence electrons. The van der Waals surface area contributed by atoms with Gasteiger partial charge in [-0.1, -0.05) is 0 Å². The summed E-state index contributed by atoms with van der Waals surface area (Å²) in [6.45, 7) is 0. The number of halogens is 2. The van der Waals surface area contributed by atoms with Crippen LogP contribution in [0.3, 0.4) is 0 Å². The van der Waals surface area contributed by atoms with Crippen LogP contribution in [0.4, 0.5) is 0 Å². The molecule has 0 radical (unpaired) electrons. The first-order valence-corrected chi connectivity index (χ1v) is 9.70. The fraction of sp³-hybridized carbons (Fsp3) is 1.00. The average molecular weight is 270 g/mol. The Morgan fingerprint density at radius 2 is 1.21 bits per heavy atom. The molecule has 4 saturated carbocycles. The summed E-state index contributed by atoms with van der Waals surface area (Å²) < 4.78 is 0. The van der Waals surface area contributed by atoms with E-state index in [2.05, 4.69) is 0 Å². The summed E-state index contributed by atoms with van der Waals surface area (Å²) in [5.74, 6) is 3.06. The van der Waals surface area contributed by atoms with Gasteiger partial charge in [-0.05, 0) is 56.3 Å². The van der Waals surface area contributed by atoms with E-state index in [4.69, 9.17) is 24.3 Å². The van der Waals surface area contributed by atoms with Crippen molar-refractivity contribution in [1.82, 2.24) is 0 Å². The fourth-order valence-corrected chi connectivity index (χ4v) is 4.18. The normalized spacial score (nSPS) is 48.4. The third-order valence-corrected chi connectivity index (χ3v) is 4.09. The average Bonchev–Trinajstić information content (AvgIpc) is 1.99. The van der Waals surface area contributed by atoms with E-state index in [0.29, 0.717) is 5.54 Å². The molecule has 4 heteroatoms. The molecule has 14 heavy (non-hydrogen) atoms. The van der Waals surface area contributed by atoms with Gasteiger partial charge in [0.25, 0.3) is 0 Å². The van der Waals surface area contributed by atoms with Gasteiger partial charge in [0, 0.05) is 5.54 Å². The predicted octanol–water partition coefficient (Wildman–Crippen LogP) is 3.29. The predicted molar refractivity (Wildman–Crippen MR) is 56.8 cm³/mol. The van der Waals surface area contributed by atoms with E-state index in [9.17, 15) is 0 Å². The van der Waals surface area contributed by atoms with Gasteiger partial charge in [0.1, 0.15) is 0 Å². The summed E-state index contributed by atoms with van der Waals surface area (Å²) in [5, 5.41) is 0. The maximum atomic E-state index is 6.32. The third kappa shape index (κ3) is 2.49. The molecular weight excluding hydrogens is 253 g/mol. The molecule has 4 rings (SSSR count). The molecule has 4 bridgehead atoms. The van der Waals surface area contributed by atoms with Crippen LogP contribution in [0.25, 0.3) is 0 Å². The molecule has 4 fully saturated rings. The maximum absolute atomic E-state index is 6.32. The van der Waals surface area contributed by atoms with Crippen LogP contribution >= 0.6 is 18.6 Å². The second-order valence-corrected chi connectivity index (χ2v) is 7.93. The van der Waals surface area contributed by atoms with E-state index in [1.54, 1.807) is 0 Å². The zero-order valence-electron chi connectivity index (χ0n) is 8.31. The second kappa shape index (κ2) is 4.63. The molecule has 0 saturated heterocycles. The van der Waals surface area contributed by atoms with Crippen LogP contribution in [-0.2, 0) is 17.0 Å². The van der Waals surface area contributed by atoms with E-state index >= 15 is 0 Å². The number of rotatable bonds is 0. The Labute approximate surface area is 103 Å². The summed E-state index contributed by atoms with van der Waals surface area (Å²) in [4.78, 5) is 0. The topological polar surface area (TPSA) is 26.0 Å². The van der Waals surface area contributed by atoms with E-state index < -0.39 is 17.0 Å². The Bertz CT molecular complexity index is 175. The van der Waals surface area contributed by atoms with E-state index in [0.717, 1.165) is 17.8 Å². The summed E-state index contributed by atoms with van der Waals surface area (Å²) in [6, 6.07) is 0. The van der Waals surface area contributed by atoms with Gasteiger partial charge in [0.2, 0.25) is 0 Å². The summed E-state index contributed by atoms with van der Waals surface area (Å²) in [6.07, 6.45) is 8.57. The molecule has 4 aliphatic rings. The summed E-state index contributed by atoms with van der Waals surface area (Å²) in [7, 11) is 9.78. The van der Waals surface area contributed by atoms with Crippen molar-refractivity contribution >= 4 is 18.6 Å². The Morgan fingerprint density at radius 3 is 1.43 bits per heavy atom. The van der Waals surface area contributed by atoms with E-state index in [1.165, 1.54) is 38.5 Å². The number of hydrogen-bond acceptors (Lipinski definition) is 1. The molecule has 1 nitrogen and oxygen atoms in total. The molecule has 0 heterocycles. The molecule has 0 atom stereocenters. The van der Waals surface area contributed by atoms with Gasteiger partial charge in [-0.25, -0.2) is 0 Å². The van der Waals surface area contributed by atoms with Gasteiger partial charge in [-0.2, -0.15) is 0 Å². The standard InChI is InChI=1S/C10H17N.2ClH.Ti/c11-10-4-7-1-8(5-10)3-9(2-7)6-10;;;/h7-9H,1-6,11H2;2*1H;/q;;;+2/p-2. The zero-order chi connectivity index (χ0) is 10.2. The van der Waals surface area contributed by atoms with Crippen LogP contribution in [-0.4, -0.2) is 5.54 Å². The van der Waals surface area contributed by atoms with Crippen LogP contribution in [0.15, 0.2) is 0 Å². The van der Waals surface area contributed by atoms with Crippen LogP contribution in [0, 0.1) is 17.8 Å². The van der Waals surface area contributed by atoms with Crippen molar-refractivity contribution in [2.75, 3.05) is 0 Å². The first kappa shape index (κ1) is 11.7. The first-order chi connectivity index (χ1) is 6.65. The van der Waals surface area contributed by atoms with Crippen molar-refractivity contribution in [2.45, 2.75) is 44.1 Å². The molecular formula is C10H17Cl2NTi. The van der Waals surface area contributed by atoms with Gasteiger partial charge in [-0.3, -0.25) is 0 Å². The molecule has 0 aromatic heterocycles. The molecule has 0 aliphatic heterocycles. The SMILES string of the molecule is NC12CC3CC(CC(C3)C1)C2.[Cl][Ti][Cl]. The van der Waals surface area contributed by atoms with Gasteiger partial charge >= 0.3 is 35.6 Å². The third-order valence-electron chi connectivity index (χ3n) is 4.09. The summed E-state index contributed by atoms with van der Waals surface area (Å²) >= 11 is -0.556. The minimum absolute atomic E-state index is 0.300. The monoisotopic (exact) mass is 269 g/mol. The van der Waals surface area contributed by atoms with Gasteiger partial charge in [0.05, 0.1) is 0 Å². The van der Waals surface area contributed by atoms with Gasteiger partial charge in [-0.15, -0.1) is 0 Å². The van der Waals surface area contributed by atoms with Crippen molar-refractivity contribution < 1.29 is 17.0 Å². The molecule has 0 unspecified atom stereocenters. The molecule has 0 aromatic carbocycles. The van der Waals surface area contributed by atoms with Crippen LogP contribution < -0.4 is 5.73 Å². The van der Waals surface area contributed by atoms with Crippen molar-refractivity contribution in [2.24, 2.45) is 23.5 Å². The molecule has 0 aromatic rings. The second-order valence-electron chi connectivity index (χ2n) is 5.35. The van der Waals surface area contributed by atoms with Crippen LogP contribution in [0.5, 0.6) is 0 Å².